The summed E-state index contributed by atoms with van der Waals surface area (Å²) in [6.45, 7) is 5.83. The topological polar surface area (TPSA) is 51.5 Å². The van der Waals surface area contributed by atoms with Crippen LogP contribution < -0.4 is 4.90 Å². The lowest BCUT2D eigenvalue weighted by Gasteiger charge is -2.31. The lowest BCUT2D eigenvalue weighted by atomic mass is 9.82. The molecule has 1 unspecified atom stereocenters. The average Bonchev–Trinajstić information content (AvgIpc) is 3.08. The first-order valence-corrected chi connectivity index (χ1v) is 11.8. The van der Waals surface area contributed by atoms with E-state index in [4.69, 9.17) is 16.4 Å². The molecule has 5 rings (SSSR count). The highest BCUT2D eigenvalue weighted by molar-refractivity contribution is 6.32. The number of aliphatic imine (C=N–C) groups is 2. The van der Waals surface area contributed by atoms with Gasteiger partial charge in [-0.25, -0.2) is 4.99 Å². The van der Waals surface area contributed by atoms with E-state index in [-0.39, 0.29) is 11.9 Å². The van der Waals surface area contributed by atoms with E-state index in [0.717, 1.165) is 67.4 Å². The monoisotopic (exact) mass is 429 g/mol. The minimum Gasteiger partial charge on any atom is -0.373 e. The van der Waals surface area contributed by atoms with E-state index in [9.17, 15) is 4.79 Å². The van der Waals surface area contributed by atoms with E-state index >= 15 is 0 Å². The van der Waals surface area contributed by atoms with E-state index in [1.54, 1.807) is 4.90 Å². The highest BCUT2D eigenvalue weighted by Crippen LogP contribution is 2.37. The number of carbonyl (C=O) groups is 1. The molecule has 0 aromatic heterocycles. The number of anilines is 1. The average molecular weight is 430 g/mol. The number of benzene rings is 1. The SMILES string of the molecule is C#Cc1ccc2c(c1)C(C1CCCCC1)=NC(C)C1=N/C(=C\N3CCN(C)CC3)C(=O)N12. The summed E-state index contributed by atoms with van der Waals surface area (Å²) < 4.78 is 0. The summed E-state index contributed by atoms with van der Waals surface area (Å²) in [6.07, 6.45) is 13.7. The number of piperazine rings is 1. The maximum atomic E-state index is 13.6. The summed E-state index contributed by atoms with van der Waals surface area (Å²) in [5, 5.41) is 0. The van der Waals surface area contributed by atoms with Gasteiger partial charge >= 0.3 is 0 Å². The molecule has 0 spiro atoms. The van der Waals surface area contributed by atoms with Crippen molar-refractivity contribution in [3.8, 4) is 12.3 Å². The number of amides is 1. The first-order chi connectivity index (χ1) is 15.5. The minimum absolute atomic E-state index is 0.0689. The molecule has 166 valence electrons. The third-order valence-electron chi connectivity index (χ3n) is 7.11. The summed E-state index contributed by atoms with van der Waals surface area (Å²) >= 11 is 0. The van der Waals surface area contributed by atoms with Crippen LogP contribution in [-0.2, 0) is 4.79 Å². The lowest BCUT2D eigenvalue weighted by Crippen LogP contribution is -2.42. The summed E-state index contributed by atoms with van der Waals surface area (Å²) in [7, 11) is 2.13. The Labute approximate surface area is 190 Å². The van der Waals surface area contributed by atoms with Crippen molar-refractivity contribution in [2.75, 3.05) is 38.1 Å². The molecule has 1 aliphatic carbocycles. The van der Waals surface area contributed by atoms with Crippen molar-refractivity contribution >= 4 is 23.1 Å². The van der Waals surface area contributed by atoms with Gasteiger partial charge in [0.15, 0.2) is 0 Å². The Kier molecular flexibility index (Phi) is 5.60. The molecule has 1 saturated carbocycles. The summed E-state index contributed by atoms with van der Waals surface area (Å²) in [4.78, 5) is 29.8. The standard InChI is InChI=1S/C26H31N5O/c1-4-19-10-11-23-21(16-19)24(20-8-6-5-7-9-20)27-18(2)25-28-22(26(32)31(23)25)17-30-14-12-29(3)13-15-30/h1,10-11,16-18,20H,5-9,12-15H2,2-3H3/b22-17-. The summed E-state index contributed by atoms with van der Waals surface area (Å²) in [5.41, 5.74) is 4.28. The molecule has 32 heavy (non-hydrogen) atoms. The maximum absolute atomic E-state index is 13.6. The molecule has 1 atom stereocenters. The second-order valence-electron chi connectivity index (χ2n) is 9.37. The number of rotatable bonds is 2. The van der Waals surface area contributed by atoms with Crippen molar-refractivity contribution in [2.24, 2.45) is 15.9 Å². The van der Waals surface area contributed by atoms with Gasteiger partial charge in [-0.1, -0.05) is 25.2 Å². The Morgan fingerprint density at radius 1 is 1.12 bits per heavy atom. The van der Waals surface area contributed by atoms with Crippen LogP contribution >= 0.6 is 0 Å². The molecular formula is C26H31N5O. The second kappa shape index (κ2) is 8.55. The largest absolute Gasteiger partial charge is 0.373 e. The predicted octanol–water partition coefficient (Wildman–Crippen LogP) is 3.27. The number of carbonyl (C=O) groups excluding carboxylic acids is 1. The van der Waals surface area contributed by atoms with Crippen molar-refractivity contribution < 1.29 is 4.79 Å². The Bertz CT molecular complexity index is 1050. The number of likely N-dealkylation sites (N-methyl/N-ethyl adjacent to an activating group) is 1. The van der Waals surface area contributed by atoms with E-state index in [1.807, 2.05) is 24.4 Å². The molecule has 1 amide bonds. The van der Waals surface area contributed by atoms with Crippen LogP contribution in [0.3, 0.4) is 0 Å². The van der Waals surface area contributed by atoms with Crippen molar-refractivity contribution in [3.63, 3.8) is 0 Å². The molecule has 6 heteroatoms. The van der Waals surface area contributed by atoms with Gasteiger partial charge < -0.3 is 9.80 Å². The molecule has 1 saturated heterocycles. The van der Waals surface area contributed by atoms with E-state index in [0.29, 0.717) is 11.6 Å². The summed E-state index contributed by atoms with van der Waals surface area (Å²) in [6, 6.07) is 5.75. The fraction of sp³-hybridized carbons (Fsp3) is 0.500. The van der Waals surface area contributed by atoms with Crippen LogP contribution in [0.4, 0.5) is 5.69 Å². The van der Waals surface area contributed by atoms with Crippen LogP contribution in [0.25, 0.3) is 0 Å². The first kappa shape index (κ1) is 21.0. The zero-order valence-corrected chi connectivity index (χ0v) is 19.0. The minimum atomic E-state index is -0.184. The van der Waals surface area contributed by atoms with Gasteiger partial charge in [0, 0.05) is 55.1 Å². The zero-order chi connectivity index (χ0) is 22.2. The van der Waals surface area contributed by atoms with Crippen LogP contribution in [0.1, 0.15) is 50.2 Å². The van der Waals surface area contributed by atoms with E-state index < -0.39 is 0 Å². The Morgan fingerprint density at radius 2 is 1.88 bits per heavy atom. The molecule has 1 aromatic rings. The van der Waals surface area contributed by atoms with Crippen LogP contribution in [0.5, 0.6) is 0 Å². The van der Waals surface area contributed by atoms with Gasteiger partial charge in [0.25, 0.3) is 5.91 Å². The fourth-order valence-electron chi connectivity index (χ4n) is 5.22. The fourth-order valence-corrected chi connectivity index (χ4v) is 5.22. The van der Waals surface area contributed by atoms with Crippen LogP contribution in [0.2, 0.25) is 0 Å². The molecule has 0 N–H and O–H groups in total. The molecular weight excluding hydrogens is 398 g/mol. The van der Waals surface area contributed by atoms with Crippen LogP contribution in [0, 0.1) is 18.3 Å². The highest BCUT2D eigenvalue weighted by Gasteiger charge is 2.40. The maximum Gasteiger partial charge on any atom is 0.284 e. The highest BCUT2D eigenvalue weighted by atomic mass is 16.2. The smallest absolute Gasteiger partial charge is 0.284 e. The van der Waals surface area contributed by atoms with Crippen LogP contribution in [-0.4, -0.2) is 66.5 Å². The Hall–Kier alpha value is -2.91. The number of hydrogen-bond donors (Lipinski definition) is 0. The molecule has 2 fully saturated rings. The van der Waals surface area contributed by atoms with E-state index in [2.05, 4.69) is 29.7 Å². The van der Waals surface area contributed by atoms with Crippen LogP contribution in [0.15, 0.2) is 40.1 Å². The molecule has 4 aliphatic rings. The summed E-state index contributed by atoms with van der Waals surface area (Å²) in [5.74, 6) is 3.82. The van der Waals surface area contributed by atoms with Gasteiger partial charge in [0.1, 0.15) is 17.6 Å². The number of amidine groups is 1. The van der Waals surface area contributed by atoms with Crippen molar-refractivity contribution in [1.29, 1.82) is 0 Å². The Balaban J connectivity index is 1.57. The normalized spacial score (nSPS) is 25.7. The number of terminal acetylenes is 1. The molecule has 1 aromatic carbocycles. The van der Waals surface area contributed by atoms with Crippen molar-refractivity contribution in [3.05, 3.63) is 41.2 Å². The first-order valence-electron chi connectivity index (χ1n) is 11.8. The van der Waals surface area contributed by atoms with Gasteiger partial charge in [-0.3, -0.25) is 14.7 Å². The molecule has 3 aliphatic heterocycles. The molecule has 6 nitrogen and oxygen atoms in total. The number of fused-ring (bicyclic) bond motifs is 3. The quantitative estimate of drug-likeness (QED) is 0.536. The molecule has 0 bridgehead atoms. The second-order valence-corrected chi connectivity index (χ2v) is 9.37. The number of nitrogens with zero attached hydrogens (tertiary/aromatic N) is 5. The predicted molar refractivity (Wildman–Crippen MR) is 129 cm³/mol. The van der Waals surface area contributed by atoms with Gasteiger partial charge in [0.05, 0.1) is 5.69 Å². The Morgan fingerprint density at radius 3 is 2.59 bits per heavy atom. The van der Waals surface area contributed by atoms with Gasteiger partial charge in [-0.05, 0) is 45.0 Å². The molecule has 0 radical (unpaired) electrons. The third kappa shape index (κ3) is 3.75. The van der Waals surface area contributed by atoms with Crippen molar-refractivity contribution in [2.45, 2.75) is 45.1 Å². The zero-order valence-electron chi connectivity index (χ0n) is 19.0. The number of hydrogen-bond acceptors (Lipinski definition) is 5. The van der Waals surface area contributed by atoms with E-state index in [1.165, 1.54) is 19.3 Å². The van der Waals surface area contributed by atoms with Crippen molar-refractivity contribution in [1.82, 2.24) is 9.80 Å². The molecule has 3 heterocycles. The third-order valence-corrected chi connectivity index (χ3v) is 7.11. The lowest BCUT2D eigenvalue weighted by molar-refractivity contribution is -0.114. The van der Waals surface area contributed by atoms with Gasteiger partial charge in [-0.15, -0.1) is 6.42 Å². The van der Waals surface area contributed by atoms with Gasteiger partial charge in [-0.2, -0.15) is 0 Å². The van der Waals surface area contributed by atoms with Gasteiger partial charge in [0.2, 0.25) is 0 Å².